The molecule has 0 fully saturated rings. The number of hydrogen-bond acceptors (Lipinski definition) is 6. The number of urea groups is 1. The Morgan fingerprint density at radius 1 is 1.33 bits per heavy atom. The Morgan fingerprint density at radius 2 is 2.14 bits per heavy atom. The van der Waals surface area contributed by atoms with Gasteiger partial charge < -0.3 is 5.32 Å². The van der Waals surface area contributed by atoms with Gasteiger partial charge in [0, 0.05) is 5.69 Å². The van der Waals surface area contributed by atoms with Crippen LogP contribution in [0.2, 0.25) is 0 Å². The van der Waals surface area contributed by atoms with Gasteiger partial charge in [-0.3, -0.25) is 10.1 Å². The fourth-order valence-electron chi connectivity index (χ4n) is 1.62. The number of aromatic nitrogens is 2. The van der Waals surface area contributed by atoms with Crippen LogP contribution in [0.3, 0.4) is 0 Å². The van der Waals surface area contributed by atoms with E-state index in [2.05, 4.69) is 20.8 Å². The standard InChI is InChI=1S/C13H14N4O2S2/c1-8-3-4-10(9(2)5-8)15-12(19)16-11(18)6-20-13-17-14-7-21-13/h3-5,7H,6H2,1-2H3,(H2,15,16,18,19). The molecule has 110 valence electrons. The van der Waals surface area contributed by atoms with Crippen molar-refractivity contribution in [2.24, 2.45) is 0 Å². The number of nitrogens with zero attached hydrogens (tertiary/aromatic N) is 2. The highest BCUT2D eigenvalue weighted by molar-refractivity contribution is 8.01. The van der Waals surface area contributed by atoms with E-state index in [0.29, 0.717) is 10.0 Å². The van der Waals surface area contributed by atoms with Crippen LogP contribution in [0.1, 0.15) is 11.1 Å². The Labute approximate surface area is 130 Å². The maximum atomic E-state index is 11.7. The van der Waals surface area contributed by atoms with Gasteiger partial charge in [-0.2, -0.15) is 0 Å². The first-order valence-corrected chi connectivity index (χ1v) is 7.98. The molecule has 0 atom stereocenters. The van der Waals surface area contributed by atoms with E-state index in [1.807, 2.05) is 32.0 Å². The maximum absolute atomic E-state index is 11.7. The average Bonchev–Trinajstić information content (AvgIpc) is 2.93. The molecule has 0 bridgehead atoms. The van der Waals surface area contributed by atoms with Crippen molar-refractivity contribution in [3.63, 3.8) is 0 Å². The number of anilines is 1. The summed E-state index contributed by atoms with van der Waals surface area (Å²) in [7, 11) is 0. The van der Waals surface area contributed by atoms with Crippen LogP contribution in [-0.2, 0) is 4.79 Å². The van der Waals surface area contributed by atoms with Crippen molar-refractivity contribution in [2.45, 2.75) is 18.2 Å². The third-order valence-electron chi connectivity index (χ3n) is 2.55. The van der Waals surface area contributed by atoms with Crippen molar-refractivity contribution in [1.29, 1.82) is 0 Å². The molecule has 0 saturated heterocycles. The number of aryl methyl sites for hydroxylation is 2. The van der Waals surface area contributed by atoms with Crippen LogP contribution in [0.15, 0.2) is 28.0 Å². The molecule has 0 aliphatic carbocycles. The van der Waals surface area contributed by atoms with Crippen LogP contribution < -0.4 is 10.6 Å². The minimum absolute atomic E-state index is 0.121. The second kappa shape index (κ2) is 7.19. The van der Waals surface area contributed by atoms with Gasteiger partial charge in [0.1, 0.15) is 5.51 Å². The summed E-state index contributed by atoms with van der Waals surface area (Å²) in [6.07, 6.45) is 0. The number of hydrogen-bond donors (Lipinski definition) is 2. The van der Waals surface area contributed by atoms with Crippen molar-refractivity contribution in [2.75, 3.05) is 11.1 Å². The number of benzene rings is 1. The monoisotopic (exact) mass is 322 g/mol. The molecule has 0 aliphatic rings. The predicted molar refractivity (Wildman–Crippen MR) is 83.7 cm³/mol. The number of amides is 3. The number of nitrogens with one attached hydrogen (secondary N) is 2. The number of carbonyl (C=O) groups excluding carboxylic acids is 2. The summed E-state index contributed by atoms with van der Waals surface area (Å²) in [5.41, 5.74) is 4.33. The SMILES string of the molecule is Cc1ccc(NC(=O)NC(=O)CSc2nncs2)c(C)c1. The first kappa shape index (κ1) is 15.5. The first-order chi connectivity index (χ1) is 10.0. The topological polar surface area (TPSA) is 84.0 Å². The summed E-state index contributed by atoms with van der Waals surface area (Å²) < 4.78 is 0.694. The van der Waals surface area contributed by atoms with Gasteiger partial charge in [-0.15, -0.1) is 10.2 Å². The zero-order valence-corrected chi connectivity index (χ0v) is 13.2. The van der Waals surface area contributed by atoms with Gasteiger partial charge >= 0.3 is 6.03 Å². The van der Waals surface area contributed by atoms with Gasteiger partial charge in [-0.05, 0) is 25.5 Å². The zero-order valence-electron chi connectivity index (χ0n) is 11.5. The van der Waals surface area contributed by atoms with Crippen LogP contribution in [0.25, 0.3) is 0 Å². The summed E-state index contributed by atoms with van der Waals surface area (Å²) in [6, 6.07) is 5.13. The summed E-state index contributed by atoms with van der Waals surface area (Å²) in [5, 5.41) is 12.4. The van der Waals surface area contributed by atoms with Gasteiger partial charge in [0.2, 0.25) is 5.91 Å². The molecule has 1 aromatic carbocycles. The fourth-order valence-corrected chi connectivity index (χ4v) is 2.91. The second-order valence-corrected chi connectivity index (χ2v) is 6.37. The molecular weight excluding hydrogens is 308 g/mol. The molecule has 1 heterocycles. The van der Waals surface area contributed by atoms with E-state index in [1.54, 1.807) is 5.51 Å². The van der Waals surface area contributed by atoms with E-state index in [-0.39, 0.29) is 11.7 Å². The van der Waals surface area contributed by atoms with Crippen molar-refractivity contribution < 1.29 is 9.59 Å². The van der Waals surface area contributed by atoms with Crippen LogP contribution in [0, 0.1) is 13.8 Å². The lowest BCUT2D eigenvalue weighted by Crippen LogP contribution is -2.35. The van der Waals surface area contributed by atoms with E-state index in [4.69, 9.17) is 0 Å². The van der Waals surface area contributed by atoms with Crippen LogP contribution in [0.5, 0.6) is 0 Å². The fraction of sp³-hybridized carbons (Fsp3) is 0.231. The zero-order chi connectivity index (χ0) is 15.2. The molecule has 1 aromatic heterocycles. The van der Waals surface area contributed by atoms with Gasteiger partial charge in [0.05, 0.1) is 5.75 Å². The third-order valence-corrected chi connectivity index (χ3v) is 4.41. The Kier molecular flexibility index (Phi) is 5.29. The molecular formula is C13H14N4O2S2. The Bertz CT molecular complexity index is 644. The average molecular weight is 322 g/mol. The largest absolute Gasteiger partial charge is 0.325 e. The van der Waals surface area contributed by atoms with Crippen LogP contribution in [0.4, 0.5) is 10.5 Å². The van der Waals surface area contributed by atoms with E-state index in [0.717, 1.165) is 11.1 Å². The number of thioether (sulfide) groups is 1. The van der Waals surface area contributed by atoms with Crippen molar-refractivity contribution in [1.82, 2.24) is 15.5 Å². The normalized spacial score (nSPS) is 10.2. The van der Waals surface area contributed by atoms with E-state index in [9.17, 15) is 9.59 Å². The van der Waals surface area contributed by atoms with Gasteiger partial charge in [0.25, 0.3) is 0 Å². The summed E-state index contributed by atoms with van der Waals surface area (Å²) in [4.78, 5) is 23.4. The minimum Gasteiger partial charge on any atom is -0.307 e. The van der Waals surface area contributed by atoms with Gasteiger partial charge in [-0.25, -0.2) is 4.79 Å². The van der Waals surface area contributed by atoms with E-state index in [1.165, 1.54) is 23.1 Å². The summed E-state index contributed by atoms with van der Waals surface area (Å²) >= 11 is 2.59. The number of carbonyl (C=O) groups is 2. The highest BCUT2D eigenvalue weighted by Crippen LogP contribution is 2.18. The Hall–Kier alpha value is -1.93. The third kappa shape index (κ3) is 4.83. The predicted octanol–water partition coefficient (Wildman–Crippen LogP) is 2.60. The number of rotatable bonds is 4. The number of imide groups is 1. The minimum atomic E-state index is -0.537. The van der Waals surface area contributed by atoms with E-state index >= 15 is 0 Å². The maximum Gasteiger partial charge on any atom is 0.325 e. The molecule has 21 heavy (non-hydrogen) atoms. The molecule has 0 saturated carbocycles. The Morgan fingerprint density at radius 3 is 2.81 bits per heavy atom. The Balaban J connectivity index is 1.82. The molecule has 3 amide bonds. The van der Waals surface area contributed by atoms with Crippen molar-refractivity contribution in [3.05, 3.63) is 34.8 Å². The molecule has 8 heteroatoms. The molecule has 2 rings (SSSR count). The highest BCUT2D eigenvalue weighted by atomic mass is 32.2. The smallest absolute Gasteiger partial charge is 0.307 e. The first-order valence-electron chi connectivity index (χ1n) is 6.11. The van der Waals surface area contributed by atoms with E-state index < -0.39 is 6.03 Å². The lowest BCUT2D eigenvalue weighted by atomic mass is 10.1. The van der Waals surface area contributed by atoms with Gasteiger partial charge in [0.15, 0.2) is 4.34 Å². The molecule has 0 aliphatic heterocycles. The molecule has 0 radical (unpaired) electrons. The summed E-state index contributed by atoms with van der Waals surface area (Å²) in [6.45, 7) is 3.88. The molecule has 0 spiro atoms. The van der Waals surface area contributed by atoms with Crippen LogP contribution >= 0.6 is 23.1 Å². The second-order valence-electron chi connectivity index (χ2n) is 4.31. The van der Waals surface area contributed by atoms with Crippen molar-refractivity contribution in [3.8, 4) is 0 Å². The molecule has 0 unspecified atom stereocenters. The molecule has 6 nitrogen and oxygen atoms in total. The lowest BCUT2D eigenvalue weighted by molar-refractivity contribution is -0.117. The summed E-state index contributed by atoms with van der Waals surface area (Å²) in [5.74, 6) is -0.257. The van der Waals surface area contributed by atoms with Gasteiger partial charge in [-0.1, -0.05) is 40.8 Å². The van der Waals surface area contributed by atoms with Crippen molar-refractivity contribution >= 4 is 40.7 Å². The quantitative estimate of drug-likeness (QED) is 0.845. The molecule has 2 N–H and O–H groups in total. The molecule has 2 aromatic rings. The van der Waals surface area contributed by atoms with Crippen LogP contribution in [-0.4, -0.2) is 27.9 Å². The highest BCUT2D eigenvalue weighted by Gasteiger charge is 2.10. The lowest BCUT2D eigenvalue weighted by Gasteiger charge is -2.09.